The first-order valence-corrected chi connectivity index (χ1v) is 10.5. The van der Waals surface area contributed by atoms with E-state index in [0.717, 1.165) is 5.56 Å². The van der Waals surface area contributed by atoms with Crippen LogP contribution in [0.1, 0.15) is 61.6 Å². The topological polar surface area (TPSA) is 126 Å². The van der Waals surface area contributed by atoms with Gasteiger partial charge in [0.25, 0.3) is 5.91 Å². The molecule has 3 aromatic rings. The molecule has 1 atom stereocenters. The van der Waals surface area contributed by atoms with E-state index in [1.807, 2.05) is 24.3 Å². The van der Waals surface area contributed by atoms with Gasteiger partial charge >= 0.3 is 6.16 Å². The molecule has 0 bridgehead atoms. The average Bonchev–Trinajstić information content (AvgIpc) is 3.30. The molecule has 0 aliphatic heterocycles. The number of ether oxygens (including phenoxy) is 3. The van der Waals surface area contributed by atoms with Gasteiger partial charge in [0.1, 0.15) is 6.04 Å². The van der Waals surface area contributed by atoms with Crippen LogP contribution in [-0.4, -0.2) is 40.9 Å². The van der Waals surface area contributed by atoms with Gasteiger partial charge in [0.15, 0.2) is 11.4 Å². The van der Waals surface area contributed by atoms with E-state index in [-0.39, 0.29) is 29.7 Å². The zero-order valence-corrected chi connectivity index (χ0v) is 19.1. The monoisotopic (exact) mass is 454 g/mol. The van der Waals surface area contributed by atoms with Crippen molar-refractivity contribution in [3.05, 3.63) is 53.7 Å². The molecule has 0 radical (unpaired) electrons. The lowest BCUT2D eigenvalue weighted by molar-refractivity contribution is 0.0910. The molecule has 0 unspecified atom stereocenters. The van der Waals surface area contributed by atoms with Crippen molar-refractivity contribution < 1.29 is 28.3 Å². The first-order chi connectivity index (χ1) is 15.8. The van der Waals surface area contributed by atoms with Crippen molar-refractivity contribution in [1.82, 2.24) is 20.4 Å². The van der Waals surface area contributed by atoms with Crippen LogP contribution in [0.25, 0.3) is 11.4 Å². The molecule has 1 N–H and O–H groups in total. The molecule has 10 heteroatoms. The number of hydrogen-bond donors (Lipinski definition) is 1. The maximum absolute atomic E-state index is 12.9. The average molecular weight is 454 g/mol. The Morgan fingerprint density at radius 1 is 1.12 bits per heavy atom. The Labute approximate surface area is 191 Å². The molecule has 2 heterocycles. The van der Waals surface area contributed by atoms with Crippen molar-refractivity contribution in [3.8, 4) is 22.9 Å². The van der Waals surface area contributed by atoms with E-state index >= 15 is 0 Å². The SMILES string of the molecule is CCOC(=O)Oc1c(OC)ccnc1C(=O)N[C@@H](C)c1nc(-c2ccc(C(C)C)cc2)no1. The molecule has 1 aromatic carbocycles. The molecule has 10 nitrogen and oxygen atoms in total. The van der Waals surface area contributed by atoms with Crippen LogP contribution in [0.4, 0.5) is 4.79 Å². The molecule has 0 fully saturated rings. The minimum Gasteiger partial charge on any atom is -0.493 e. The van der Waals surface area contributed by atoms with Crippen molar-refractivity contribution in [2.45, 2.75) is 39.7 Å². The maximum Gasteiger partial charge on any atom is 0.514 e. The Balaban J connectivity index is 1.77. The third kappa shape index (κ3) is 5.65. The summed E-state index contributed by atoms with van der Waals surface area (Å²) < 4.78 is 20.5. The second-order valence-electron chi connectivity index (χ2n) is 7.40. The number of methoxy groups -OCH3 is 1. The molecule has 0 aliphatic carbocycles. The van der Waals surface area contributed by atoms with Crippen LogP contribution in [0.3, 0.4) is 0 Å². The highest BCUT2D eigenvalue weighted by atomic mass is 16.7. The summed E-state index contributed by atoms with van der Waals surface area (Å²) in [5, 5.41) is 6.72. The molecular formula is C23H26N4O6. The minimum atomic E-state index is -0.976. The Morgan fingerprint density at radius 2 is 1.85 bits per heavy atom. The van der Waals surface area contributed by atoms with E-state index in [1.165, 1.54) is 24.9 Å². The lowest BCUT2D eigenvalue weighted by Crippen LogP contribution is -2.28. The maximum atomic E-state index is 12.9. The predicted octanol–water partition coefficient (Wildman–Crippen LogP) is 4.29. The number of hydrogen-bond acceptors (Lipinski definition) is 9. The van der Waals surface area contributed by atoms with E-state index in [4.69, 9.17) is 18.7 Å². The number of aromatic nitrogens is 3. The largest absolute Gasteiger partial charge is 0.514 e. The number of pyridine rings is 1. The number of carbonyl (C=O) groups excluding carboxylic acids is 2. The van der Waals surface area contributed by atoms with Gasteiger partial charge in [-0.1, -0.05) is 43.3 Å². The Morgan fingerprint density at radius 3 is 2.48 bits per heavy atom. The molecule has 3 rings (SSSR count). The molecule has 0 aliphatic rings. The summed E-state index contributed by atoms with van der Waals surface area (Å²) >= 11 is 0. The van der Waals surface area contributed by atoms with Crippen LogP contribution < -0.4 is 14.8 Å². The zero-order chi connectivity index (χ0) is 24.0. The Hall–Kier alpha value is -3.95. The highest BCUT2D eigenvalue weighted by Gasteiger charge is 2.25. The van der Waals surface area contributed by atoms with Gasteiger partial charge in [-0.15, -0.1) is 0 Å². The van der Waals surface area contributed by atoms with Crippen molar-refractivity contribution in [2.75, 3.05) is 13.7 Å². The molecule has 33 heavy (non-hydrogen) atoms. The van der Waals surface area contributed by atoms with Crippen LogP contribution in [0.15, 0.2) is 41.1 Å². The standard InChI is InChI=1S/C23H26N4O6/c1-6-31-23(29)32-19-17(30-5)11-12-24-18(19)21(28)25-14(4)22-26-20(27-33-22)16-9-7-15(8-10-16)13(2)3/h7-14H,6H2,1-5H3,(H,25,28)/t14-/m0/s1. The molecular weight excluding hydrogens is 428 g/mol. The van der Waals surface area contributed by atoms with Crippen molar-refractivity contribution in [3.63, 3.8) is 0 Å². The fourth-order valence-corrected chi connectivity index (χ4v) is 2.95. The van der Waals surface area contributed by atoms with Crippen LogP contribution in [0.5, 0.6) is 11.5 Å². The van der Waals surface area contributed by atoms with Gasteiger partial charge in [-0.2, -0.15) is 4.98 Å². The van der Waals surface area contributed by atoms with Crippen molar-refractivity contribution >= 4 is 12.1 Å². The van der Waals surface area contributed by atoms with Gasteiger partial charge in [-0.3, -0.25) is 4.79 Å². The van der Waals surface area contributed by atoms with E-state index in [1.54, 1.807) is 13.8 Å². The summed E-state index contributed by atoms with van der Waals surface area (Å²) in [4.78, 5) is 33.1. The molecule has 174 valence electrons. The first-order valence-electron chi connectivity index (χ1n) is 10.5. The van der Waals surface area contributed by atoms with E-state index in [0.29, 0.717) is 11.7 Å². The van der Waals surface area contributed by atoms with Gasteiger partial charge in [0.05, 0.1) is 13.7 Å². The second kappa shape index (κ2) is 10.6. The summed E-state index contributed by atoms with van der Waals surface area (Å²) in [6.07, 6.45) is 0.387. The quantitative estimate of drug-likeness (QED) is 0.496. The van der Waals surface area contributed by atoms with Crippen LogP contribution in [-0.2, 0) is 4.74 Å². The lowest BCUT2D eigenvalue weighted by Gasteiger charge is -2.14. The van der Waals surface area contributed by atoms with Crippen LogP contribution in [0, 0.1) is 0 Å². The molecule has 2 aromatic heterocycles. The number of benzene rings is 1. The van der Waals surface area contributed by atoms with Gasteiger partial charge in [-0.05, 0) is 25.3 Å². The summed E-state index contributed by atoms with van der Waals surface area (Å²) in [6, 6.07) is 8.70. The summed E-state index contributed by atoms with van der Waals surface area (Å²) in [6.45, 7) is 7.66. The number of nitrogens with one attached hydrogen (secondary N) is 1. The third-order valence-corrected chi connectivity index (χ3v) is 4.75. The number of rotatable bonds is 8. The summed E-state index contributed by atoms with van der Waals surface area (Å²) in [7, 11) is 1.38. The number of amides is 1. The van der Waals surface area contributed by atoms with E-state index in [2.05, 4.69) is 34.3 Å². The normalized spacial score (nSPS) is 11.7. The van der Waals surface area contributed by atoms with Gasteiger partial charge < -0.3 is 24.1 Å². The lowest BCUT2D eigenvalue weighted by atomic mass is 10.0. The smallest absolute Gasteiger partial charge is 0.493 e. The fraction of sp³-hybridized carbons (Fsp3) is 0.348. The predicted molar refractivity (Wildman–Crippen MR) is 118 cm³/mol. The first kappa shape index (κ1) is 23.7. The molecule has 0 saturated carbocycles. The highest BCUT2D eigenvalue weighted by Crippen LogP contribution is 2.30. The summed E-state index contributed by atoms with van der Waals surface area (Å²) in [5.74, 6) is 0.412. The van der Waals surface area contributed by atoms with Gasteiger partial charge in [-0.25, -0.2) is 9.78 Å². The van der Waals surface area contributed by atoms with Crippen LogP contribution >= 0.6 is 0 Å². The highest BCUT2D eigenvalue weighted by molar-refractivity contribution is 5.96. The Kier molecular flexibility index (Phi) is 7.60. The number of nitrogens with zero attached hydrogens (tertiary/aromatic N) is 3. The van der Waals surface area contributed by atoms with Crippen molar-refractivity contribution in [1.29, 1.82) is 0 Å². The van der Waals surface area contributed by atoms with Gasteiger partial charge in [0.2, 0.25) is 17.5 Å². The number of carbonyl (C=O) groups is 2. The fourth-order valence-electron chi connectivity index (χ4n) is 2.95. The van der Waals surface area contributed by atoms with E-state index < -0.39 is 18.1 Å². The van der Waals surface area contributed by atoms with E-state index in [9.17, 15) is 9.59 Å². The molecule has 1 amide bonds. The zero-order valence-electron chi connectivity index (χ0n) is 19.1. The molecule has 0 saturated heterocycles. The summed E-state index contributed by atoms with van der Waals surface area (Å²) in [5.41, 5.74) is 1.85. The van der Waals surface area contributed by atoms with Gasteiger partial charge in [0, 0.05) is 17.8 Å². The second-order valence-corrected chi connectivity index (χ2v) is 7.40. The Bertz CT molecular complexity index is 1110. The van der Waals surface area contributed by atoms with Crippen molar-refractivity contribution in [2.24, 2.45) is 0 Å². The third-order valence-electron chi connectivity index (χ3n) is 4.75. The molecule has 0 spiro atoms. The minimum absolute atomic E-state index is 0.111. The van der Waals surface area contributed by atoms with Crippen LogP contribution in [0.2, 0.25) is 0 Å².